The molecule has 8 nitrogen and oxygen atoms in total. The number of ether oxygens (including phenoxy) is 1. The van der Waals surface area contributed by atoms with Crippen molar-refractivity contribution in [1.29, 1.82) is 0 Å². The Kier molecular flexibility index (Phi) is 6.74. The van der Waals surface area contributed by atoms with E-state index < -0.39 is 0 Å². The largest absolute Gasteiger partial charge is 0.455 e. The summed E-state index contributed by atoms with van der Waals surface area (Å²) in [6.07, 6.45) is 3.23. The molecule has 1 saturated carbocycles. The van der Waals surface area contributed by atoms with Crippen LogP contribution in [0.2, 0.25) is 0 Å². The predicted molar refractivity (Wildman–Crippen MR) is 152 cm³/mol. The fraction of sp³-hybridized carbons (Fsp3) is 0.161. The molecule has 1 aliphatic carbocycles. The molecule has 194 valence electrons. The van der Waals surface area contributed by atoms with Crippen LogP contribution in [0.3, 0.4) is 0 Å². The van der Waals surface area contributed by atoms with Crippen LogP contribution in [0, 0.1) is 12.8 Å². The number of tetrazole rings is 1. The first-order valence-electron chi connectivity index (χ1n) is 13.0. The number of carbonyl (C=O) groups excluding carboxylic acids is 1. The molecule has 0 aliphatic heterocycles. The molecule has 1 aromatic heterocycles. The first-order chi connectivity index (χ1) is 19.1. The van der Waals surface area contributed by atoms with Gasteiger partial charge in [-0.3, -0.25) is 0 Å². The molecule has 6 rings (SSSR count). The fourth-order valence-corrected chi connectivity index (χ4v) is 4.66. The Balaban J connectivity index is 1.44. The maximum Gasteiger partial charge on any atom is 0.323 e. The molecule has 0 spiro atoms. The van der Waals surface area contributed by atoms with Crippen LogP contribution in [0.1, 0.15) is 24.0 Å². The number of H-pyrrole nitrogens is 1. The van der Waals surface area contributed by atoms with Gasteiger partial charge < -0.3 is 15.4 Å². The van der Waals surface area contributed by atoms with Crippen molar-refractivity contribution in [2.75, 3.05) is 10.6 Å². The van der Waals surface area contributed by atoms with Crippen molar-refractivity contribution in [3.63, 3.8) is 0 Å². The van der Waals surface area contributed by atoms with Gasteiger partial charge in [-0.25, -0.2) is 4.79 Å². The van der Waals surface area contributed by atoms with E-state index in [-0.39, 0.29) is 6.03 Å². The molecule has 0 atom stereocenters. The Morgan fingerprint density at radius 1 is 0.923 bits per heavy atom. The van der Waals surface area contributed by atoms with Crippen LogP contribution in [0.4, 0.5) is 16.2 Å². The number of nitrogens with zero attached hydrogens (tertiary/aromatic N) is 3. The van der Waals surface area contributed by atoms with Crippen LogP contribution in [0.5, 0.6) is 11.5 Å². The normalized spacial score (nSPS) is 12.6. The van der Waals surface area contributed by atoms with Crippen LogP contribution in [-0.2, 0) is 6.42 Å². The predicted octanol–water partition coefficient (Wildman–Crippen LogP) is 7.23. The monoisotopic (exact) mass is 516 g/mol. The molecule has 5 aromatic rings. The Hall–Kier alpha value is -4.98. The van der Waals surface area contributed by atoms with Crippen molar-refractivity contribution < 1.29 is 9.53 Å². The van der Waals surface area contributed by atoms with Gasteiger partial charge in [0.2, 0.25) is 5.82 Å². The standard InChI is InChI=1S/C31H28N6O2/c1-20-8-7-9-24(16-20)32-31(38)33-28-19-22(26-12-5-6-13-27(26)30-34-36-37-35-30)18-23(17-21-14-15-21)29(28)39-25-10-3-2-4-11-25/h2-13,16,18-19,21H,14-15,17H2,1H3,(H2,32,33,38)(H,34,35,36,37). The number of hydrogen-bond acceptors (Lipinski definition) is 5. The van der Waals surface area contributed by atoms with Gasteiger partial charge in [0.25, 0.3) is 0 Å². The number of nitrogens with one attached hydrogen (secondary N) is 3. The van der Waals surface area contributed by atoms with E-state index in [0.29, 0.717) is 28.9 Å². The molecule has 39 heavy (non-hydrogen) atoms. The van der Waals surface area contributed by atoms with Gasteiger partial charge in [0.1, 0.15) is 5.75 Å². The summed E-state index contributed by atoms with van der Waals surface area (Å²) < 4.78 is 6.45. The Morgan fingerprint density at radius 2 is 1.72 bits per heavy atom. The molecule has 8 heteroatoms. The number of hydrogen-bond donors (Lipinski definition) is 3. The summed E-state index contributed by atoms with van der Waals surface area (Å²) in [5, 5.41) is 20.7. The highest BCUT2D eigenvalue weighted by Crippen LogP contribution is 2.43. The number of urea groups is 1. The molecule has 0 radical (unpaired) electrons. The average molecular weight is 517 g/mol. The maximum atomic E-state index is 13.2. The SMILES string of the molecule is Cc1cccc(NC(=O)Nc2cc(-c3ccccc3-c3nn[nH]n3)cc(CC3CC3)c2Oc2ccccc2)c1. The summed E-state index contributed by atoms with van der Waals surface area (Å²) in [7, 11) is 0. The number of aryl methyl sites for hydroxylation is 1. The summed E-state index contributed by atoms with van der Waals surface area (Å²) in [4.78, 5) is 13.2. The quantitative estimate of drug-likeness (QED) is 0.202. The van der Waals surface area contributed by atoms with E-state index in [9.17, 15) is 4.79 Å². The molecule has 0 saturated heterocycles. The fourth-order valence-electron chi connectivity index (χ4n) is 4.66. The average Bonchev–Trinajstić information content (AvgIpc) is 3.59. The smallest absolute Gasteiger partial charge is 0.323 e. The number of aromatic amines is 1. The minimum atomic E-state index is -0.348. The van der Waals surface area contributed by atoms with Crippen molar-refractivity contribution in [2.45, 2.75) is 26.2 Å². The summed E-state index contributed by atoms with van der Waals surface area (Å²) in [6, 6.07) is 29.0. The van der Waals surface area contributed by atoms with E-state index in [1.54, 1.807) is 0 Å². The van der Waals surface area contributed by atoms with E-state index in [1.165, 1.54) is 12.8 Å². The van der Waals surface area contributed by atoms with Gasteiger partial charge in [0.05, 0.1) is 5.69 Å². The molecule has 0 unspecified atom stereocenters. The number of rotatable bonds is 8. The number of aromatic nitrogens is 4. The number of amides is 2. The van der Waals surface area contributed by atoms with Crippen LogP contribution in [0.25, 0.3) is 22.5 Å². The molecule has 1 fully saturated rings. The second-order valence-corrected chi connectivity index (χ2v) is 9.80. The zero-order valence-corrected chi connectivity index (χ0v) is 21.5. The van der Waals surface area contributed by atoms with Crippen molar-refractivity contribution in [3.05, 3.63) is 102 Å². The highest BCUT2D eigenvalue weighted by Gasteiger charge is 2.26. The molecule has 1 heterocycles. The molecule has 2 amide bonds. The minimum absolute atomic E-state index is 0.348. The number of benzene rings is 4. The lowest BCUT2D eigenvalue weighted by molar-refractivity contribution is 0.262. The van der Waals surface area contributed by atoms with E-state index in [4.69, 9.17) is 4.74 Å². The topological polar surface area (TPSA) is 105 Å². The van der Waals surface area contributed by atoms with Crippen molar-refractivity contribution in [3.8, 4) is 34.0 Å². The highest BCUT2D eigenvalue weighted by atomic mass is 16.5. The molecular formula is C31H28N6O2. The van der Waals surface area contributed by atoms with Gasteiger partial charge in [-0.1, -0.05) is 54.6 Å². The lowest BCUT2D eigenvalue weighted by atomic mass is 9.94. The van der Waals surface area contributed by atoms with Crippen LogP contribution < -0.4 is 15.4 Å². The lowest BCUT2D eigenvalue weighted by Gasteiger charge is -2.19. The summed E-state index contributed by atoms with van der Waals surface area (Å²) in [6.45, 7) is 1.99. The second kappa shape index (κ2) is 10.8. The van der Waals surface area contributed by atoms with Crippen LogP contribution in [0.15, 0.2) is 91.0 Å². The molecular weight excluding hydrogens is 488 g/mol. The summed E-state index contributed by atoms with van der Waals surface area (Å²) in [5.74, 6) is 2.45. The first-order valence-corrected chi connectivity index (χ1v) is 13.0. The number of para-hydroxylation sites is 1. The molecule has 4 aromatic carbocycles. The van der Waals surface area contributed by atoms with E-state index >= 15 is 0 Å². The van der Waals surface area contributed by atoms with Gasteiger partial charge in [-0.2, -0.15) is 5.21 Å². The lowest BCUT2D eigenvalue weighted by Crippen LogP contribution is -2.20. The number of carbonyl (C=O) groups is 1. The Labute approximate surface area is 226 Å². The summed E-state index contributed by atoms with van der Waals surface area (Å²) in [5.41, 5.74) is 6.10. The van der Waals surface area contributed by atoms with Gasteiger partial charge in [-0.15, -0.1) is 10.2 Å². The van der Waals surface area contributed by atoms with Gasteiger partial charge >= 0.3 is 6.03 Å². The van der Waals surface area contributed by atoms with Crippen molar-refractivity contribution >= 4 is 17.4 Å². The highest BCUT2D eigenvalue weighted by molar-refractivity contribution is 6.01. The molecule has 3 N–H and O–H groups in total. The van der Waals surface area contributed by atoms with Crippen LogP contribution in [-0.4, -0.2) is 26.7 Å². The zero-order valence-electron chi connectivity index (χ0n) is 21.5. The second-order valence-electron chi connectivity index (χ2n) is 9.80. The third kappa shape index (κ3) is 5.80. The van der Waals surface area contributed by atoms with Crippen molar-refractivity contribution in [1.82, 2.24) is 20.6 Å². The Morgan fingerprint density at radius 3 is 2.46 bits per heavy atom. The van der Waals surface area contributed by atoms with Gasteiger partial charge in [0.15, 0.2) is 5.75 Å². The zero-order chi connectivity index (χ0) is 26.6. The Bertz CT molecular complexity index is 1600. The summed E-state index contributed by atoms with van der Waals surface area (Å²) >= 11 is 0. The van der Waals surface area contributed by atoms with E-state index in [0.717, 1.165) is 39.9 Å². The van der Waals surface area contributed by atoms with Gasteiger partial charge in [-0.05, 0) is 96.0 Å². The third-order valence-corrected chi connectivity index (χ3v) is 6.68. The van der Waals surface area contributed by atoms with Gasteiger partial charge in [0, 0.05) is 11.3 Å². The maximum absolute atomic E-state index is 13.2. The first kappa shape index (κ1) is 24.4. The van der Waals surface area contributed by atoms with Crippen molar-refractivity contribution in [2.24, 2.45) is 5.92 Å². The minimum Gasteiger partial charge on any atom is -0.455 e. The van der Waals surface area contributed by atoms with Crippen LogP contribution >= 0.6 is 0 Å². The van der Waals surface area contributed by atoms with E-state index in [2.05, 4.69) is 37.3 Å². The number of anilines is 2. The van der Waals surface area contributed by atoms with E-state index in [1.807, 2.05) is 91.9 Å². The third-order valence-electron chi connectivity index (χ3n) is 6.68. The molecule has 1 aliphatic rings. The molecule has 0 bridgehead atoms.